The average molecular weight is 796 g/mol. The number of nitrogens with one attached hydrogen (secondary N) is 1. The molecule has 6 aliphatic rings. The summed E-state index contributed by atoms with van der Waals surface area (Å²) in [6.45, 7) is 2.62. The largest absolute Gasteiger partial charge is 0.394 e. The first-order valence-corrected chi connectivity index (χ1v) is 23.9. The van der Waals surface area contributed by atoms with Gasteiger partial charge in [0.2, 0.25) is 0 Å². The maximum atomic E-state index is 11.5. The Morgan fingerprint density at radius 3 is 1.88 bits per heavy atom. The van der Waals surface area contributed by atoms with Gasteiger partial charge < -0.3 is 44.8 Å². The molecule has 4 saturated carbocycles. The first-order chi connectivity index (χ1) is 27.3. The highest BCUT2D eigenvalue weighted by Gasteiger charge is 2.56. The van der Waals surface area contributed by atoms with E-state index >= 15 is 0 Å². The van der Waals surface area contributed by atoms with Gasteiger partial charge in [0.1, 0.15) is 24.4 Å². The fraction of sp³-hybridized carbons (Fsp3) is 1.00. The molecule has 4 aliphatic carbocycles. The van der Waals surface area contributed by atoms with Gasteiger partial charge in [0, 0.05) is 0 Å². The topological polar surface area (TPSA) is 161 Å². The number of aliphatic hydroxyl groups is 6. The van der Waals surface area contributed by atoms with Crippen molar-refractivity contribution in [3.05, 3.63) is 0 Å². The zero-order chi connectivity index (χ0) is 39.8. The Morgan fingerprint density at radius 2 is 1.29 bits per heavy atom. The third kappa shape index (κ3) is 14.1. The maximum Gasteiger partial charge on any atom is 0.186 e. The zero-order valence-corrected chi connectivity index (χ0v) is 35.3. The summed E-state index contributed by atoms with van der Waals surface area (Å²) in [5, 5.41) is 67.0. The van der Waals surface area contributed by atoms with E-state index in [1.807, 2.05) is 0 Å². The van der Waals surface area contributed by atoms with Crippen LogP contribution in [0.25, 0.3) is 0 Å². The highest BCUT2D eigenvalue weighted by molar-refractivity contribution is 5.06. The van der Waals surface area contributed by atoms with Crippen molar-refractivity contribution in [2.75, 3.05) is 26.4 Å². The zero-order valence-electron chi connectivity index (χ0n) is 35.3. The lowest BCUT2D eigenvalue weighted by atomic mass is 9.63. The van der Waals surface area contributed by atoms with Crippen molar-refractivity contribution in [2.24, 2.45) is 29.6 Å². The predicted molar refractivity (Wildman–Crippen MR) is 220 cm³/mol. The molecule has 6 fully saturated rings. The van der Waals surface area contributed by atoms with Crippen LogP contribution in [0.4, 0.5) is 0 Å². The highest BCUT2D eigenvalue weighted by atomic mass is 16.7. The molecule has 0 spiro atoms. The molecule has 0 aromatic carbocycles. The molecule has 2 aliphatic heterocycles. The number of hydrogen-bond donors (Lipinski definition) is 7. The first-order valence-electron chi connectivity index (χ1n) is 23.9. The summed E-state index contributed by atoms with van der Waals surface area (Å²) in [5.41, 5.74) is -0.348. The van der Waals surface area contributed by atoms with Crippen LogP contribution in [0.2, 0.25) is 0 Å². The van der Waals surface area contributed by atoms with E-state index in [1.165, 1.54) is 122 Å². The van der Waals surface area contributed by atoms with Crippen LogP contribution in [0, 0.1) is 29.6 Å². The monoisotopic (exact) mass is 796 g/mol. The normalized spacial score (nSPS) is 33.5. The summed E-state index contributed by atoms with van der Waals surface area (Å²) in [6, 6.07) is -0.687. The van der Waals surface area contributed by atoms with Gasteiger partial charge in [-0.25, -0.2) is 0 Å². The second-order valence-corrected chi connectivity index (χ2v) is 19.2. The summed E-state index contributed by atoms with van der Waals surface area (Å²) < 4.78 is 17.2. The minimum absolute atomic E-state index is 0.107. The molecule has 2 bridgehead atoms. The number of unbranched alkanes of at least 4 members (excludes halogenated alkanes) is 18. The molecule has 5 unspecified atom stereocenters. The Balaban J connectivity index is 0.991. The van der Waals surface area contributed by atoms with Crippen LogP contribution in [-0.2, 0) is 14.2 Å². The predicted octanol–water partition coefficient (Wildman–Crippen LogP) is 6.93. The molecule has 10 heteroatoms. The van der Waals surface area contributed by atoms with Gasteiger partial charge in [0.05, 0.1) is 50.2 Å². The van der Waals surface area contributed by atoms with Gasteiger partial charge in [0.15, 0.2) is 6.29 Å². The van der Waals surface area contributed by atoms with Crippen molar-refractivity contribution in [3.63, 3.8) is 0 Å². The van der Waals surface area contributed by atoms with Crippen LogP contribution in [0.3, 0.4) is 0 Å². The summed E-state index contributed by atoms with van der Waals surface area (Å²) in [6.07, 6.45) is 24.8. The van der Waals surface area contributed by atoms with Crippen molar-refractivity contribution < 1.29 is 44.8 Å². The molecule has 10 nitrogen and oxygen atoms in total. The minimum atomic E-state index is -1.55. The van der Waals surface area contributed by atoms with E-state index in [4.69, 9.17) is 14.2 Å². The molecule has 0 aromatic rings. The third-order valence-electron chi connectivity index (χ3n) is 14.8. The second-order valence-electron chi connectivity index (χ2n) is 19.2. The van der Waals surface area contributed by atoms with Crippen LogP contribution in [-0.4, -0.2) is 112 Å². The molecule has 2 saturated heterocycles. The second kappa shape index (κ2) is 24.8. The van der Waals surface area contributed by atoms with Gasteiger partial charge in [-0.15, -0.1) is 0 Å². The number of fused-ring (bicyclic) bond motifs is 2. The molecular formula is C46H85NO9. The van der Waals surface area contributed by atoms with E-state index in [2.05, 4.69) is 12.2 Å². The summed E-state index contributed by atoms with van der Waals surface area (Å²) in [4.78, 5) is 0. The summed E-state index contributed by atoms with van der Waals surface area (Å²) >= 11 is 0. The maximum absolute atomic E-state index is 11.5. The molecule has 56 heavy (non-hydrogen) atoms. The molecule has 7 N–H and O–H groups in total. The first kappa shape index (κ1) is 46.7. The van der Waals surface area contributed by atoms with Gasteiger partial charge in [-0.2, -0.15) is 0 Å². The lowest BCUT2D eigenvalue weighted by molar-refractivity contribution is -0.303. The minimum Gasteiger partial charge on any atom is -0.394 e. The van der Waals surface area contributed by atoms with Gasteiger partial charge in [0.25, 0.3) is 0 Å². The fourth-order valence-corrected chi connectivity index (χ4v) is 11.1. The van der Waals surface area contributed by atoms with E-state index in [0.29, 0.717) is 19.6 Å². The van der Waals surface area contributed by atoms with Crippen LogP contribution in [0.5, 0.6) is 0 Å². The molecule has 6 rings (SSSR count). The molecular weight excluding hydrogens is 711 g/mol. The highest BCUT2D eigenvalue weighted by Crippen LogP contribution is 2.64. The molecule has 328 valence electrons. The number of hydrogen-bond acceptors (Lipinski definition) is 10. The van der Waals surface area contributed by atoms with E-state index in [0.717, 1.165) is 68.1 Å². The van der Waals surface area contributed by atoms with Crippen molar-refractivity contribution in [2.45, 2.75) is 235 Å². The Labute approximate surface area is 340 Å². The van der Waals surface area contributed by atoms with Gasteiger partial charge in [-0.05, 0) is 68.1 Å². The molecule has 0 radical (unpaired) electrons. The average Bonchev–Trinajstić information content (AvgIpc) is 4.02. The van der Waals surface area contributed by atoms with Crippen LogP contribution in [0.15, 0.2) is 0 Å². The lowest BCUT2D eigenvalue weighted by Gasteiger charge is -2.46. The SMILES string of the molecule is CCCCCCCCCCCCCC[C@@H](O)[C@@H](O)[C@H](COC1OC(CO)C(O)C(O)C1O)NC1(CCCCCCCCCC[C@H]2C[C@@H]3CC[C@H]2[C@H]2C[C@@H]32)COC1. The van der Waals surface area contributed by atoms with Gasteiger partial charge in [-0.1, -0.05) is 142 Å². The molecule has 2 heterocycles. The van der Waals surface area contributed by atoms with Crippen LogP contribution >= 0.6 is 0 Å². The van der Waals surface area contributed by atoms with Gasteiger partial charge >= 0.3 is 0 Å². The van der Waals surface area contributed by atoms with Crippen LogP contribution < -0.4 is 5.32 Å². The van der Waals surface area contributed by atoms with Gasteiger partial charge in [-0.3, -0.25) is 5.32 Å². The Hall–Kier alpha value is -0.400. The van der Waals surface area contributed by atoms with E-state index < -0.39 is 55.6 Å². The van der Waals surface area contributed by atoms with E-state index in [9.17, 15) is 30.6 Å². The number of ether oxygens (including phenoxy) is 3. The number of aliphatic hydroxyl groups excluding tert-OH is 6. The quantitative estimate of drug-likeness (QED) is 0.0356. The van der Waals surface area contributed by atoms with Crippen molar-refractivity contribution in [1.29, 1.82) is 0 Å². The Bertz CT molecular complexity index is 1050. The summed E-state index contributed by atoms with van der Waals surface area (Å²) in [5.74, 6) is 5.45. The van der Waals surface area contributed by atoms with E-state index in [1.54, 1.807) is 6.42 Å². The van der Waals surface area contributed by atoms with E-state index in [-0.39, 0.29) is 12.1 Å². The molecule has 13 atom stereocenters. The van der Waals surface area contributed by atoms with Crippen molar-refractivity contribution >= 4 is 0 Å². The fourth-order valence-electron chi connectivity index (χ4n) is 11.1. The standard InChI is InChI=1S/C46H85NO9/c1-2-3-4-5-6-7-8-9-10-14-17-20-23-39(49)41(50)38(30-55-45-44(53)43(52)42(51)40(29-48)56-45)47-46(31-54-32-46)26-21-18-15-12-11-13-16-19-22-33-27-34-24-25-35(33)37-28-36(34)37/h33-45,47-53H,2-32H2,1H3/t33-,34-,35+,36-,37+,38-,39+,40?,41-,42?,43?,44?,45?/m0/s1. The summed E-state index contributed by atoms with van der Waals surface area (Å²) in [7, 11) is 0. The smallest absolute Gasteiger partial charge is 0.186 e. The number of rotatable bonds is 32. The Morgan fingerprint density at radius 1 is 0.679 bits per heavy atom. The Kier molecular flexibility index (Phi) is 20.6. The third-order valence-corrected chi connectivity index (χ3v) is 14.8. The lowest BCUT2D eigenvalue weighted by Crippen LogP contribution is -2.67. The van der Waals surface area contributed by atoms with Crippen LogP contribution in [0.1, 0.15) is 180 Å². The van der Waals surface area contributed by atoms with Crippen molar-refractivity contribution in [3.8, 4) is 0 Å². The molecule has 0 amide bonds. The molecule has 0 aromatic heterocycles. The van der Waals surface area contributed by atoms with Crippen molar-refractivity contribution in [1.82, 2.24) is 5.32 Å².